The van der Waals surface area contributed by atoms with Gasteiger partial charge in [0.2, 0.25) is 0 Å². The number of hydrogen-bond donors (Lipinski definition) is 1. The number of esters is 1. The Morgan fingerprint density at radius 3 is 2.59 bits per heavy atom. The first-order chi connectivity index (χ1) is 7.97. The quantitative estimate of drug-likeness (QED) is 0.824. The van der Waals surface area contributed by atoms with Gasteiger partial charge >= 0.3 is 5.97 Å². The molecule has 0 saturated carbocycles. The van der Waals surface area contributed by atoms with E-state index in [1.807, 2.05) is 0 Å². The second-order valence-corrected chi connectivity index (χ2v) is 3.66. The third-order valence-electron chi connectivity index (χ3n) is 2.47. The summed E-state index contributed by atoms with van der Waals surface area (Å²) in [4.78, 5) is 11.3. The summed E-state index contributed by atoms with van der Waals surface area (Å²) >= 11 is 0. The highest BCUT2D eigenvalue weighted by Crippen LogP contribution is 2.22. The van der Waals surface area contributed by atoms with Crippen LogP contribution in [-0.4, -0.2) is 23.8 Å². The average Bonchev–Trinajstić information content (AvgIpc) is 2.31. The van der Waals surface area contributed by atoms with Crippen LogP contribution in [0.3, 0.4) is 0 Å². The Kier molecular flexibility index (Phi) is 4.57. The maximum atomic E-state index is 13.0. The number of rotatable bonds is 4. The van der Waals surface area contributed by atoms with E-state index in [4.69, 9.17) is 0 Å². The number of ether oxygens (including phenoxy) is 1. The molecule has 0 aromatic heterocycles. The summed E-state index contributed by atoms with van der Waals surface area (Å²) in [5, 5.41) is 9.64. The van der Waals surface area contributed by atoms with Crippen LogP contribution in [0.4, 0.5) is 8.78 Å². The number of aliphatic hydroxyl groups excluding tert-OH is 1. The Morgan fingerprint density at radius 1 is 1.41 bits per heavy atom. The van der Waals surface area contributed by atoms with Crippen LogP contribution in [0.25, 0.3) is 0 Å². The molecule has 0 amide bonds. The zero-order chi connectivity index (χ0) is 13.0. The number of carbonyl (C=O) groups excluding carboxylic acids is 1. The molecule has 1 rings (SSSR count). The van der Waals surface area contributed by atoms with Crippen LogP contribution < -0.4 is 0 Å². The molecular weight excluding hydrogens is 230 g/mol. The van der Waals surface area contributed by atoms with Gasteiger partial charge in [0, 0.05) is 5.92 Å². The number of benzene rings is 1. The fraction of sp³-hybridized carbons (Fsp3) is 0.417. The minimum Gasteiger partial charge on any atom is -0.464 e. The maximum absolute atomic E-state index is 13.0. The lowest BCUT2D eigenvalue weighted by atomic mass is 9.95. The highest BCUT2D eigenvalue weighted by atomic mass is 19.2. The average molecular weight is 244 g/mol. The third kappa shape index (κ3) is 3.23. The van der Waals surface area contributed by atoms with Crippen LogP contribution >= 0.6 is 0 Å². The van der Waals surface area contributed by atoms with Gasteiger partial charge in [-0.05, 0) is 24.6 Å². The molecule has 2 unspecified atom stereocenters. The van der Waals surface area contributed by atoms with Crippen molar-refractivity contribution in [2.24, 2.45) is 0 Å². The Balaban J connectivity index is 2.84. The normalized spacial score (nSPS) is 14.2. The summed E-state index contributed by atoms with van der Waals surface area (Å²) in [5.41, 5.74) is 0.337. The van der Waals surface area contributed by atoms with Crippen LogP contribution in [0.1, 0.15) is 25.3 Å². The molecule has 1 N–H and O–H groups in total. The number of hydrogen-bond acceptors (Lipinski definition) is 3. The van der Waals surface area contributed by atoms with Gasteiger partial charge in [0.15, 0.2) is 17.7 Å². The number of halogens is 2. The zero-order valence-electron chi connectivity index (χ0n) is 9.61. The molecule has 0 fully saturated rings. The standard InChI is InChI=1S/C12H14F2O3/c1-3-17-12(16)11(15)7(2)8-4-5-9(13)10(14)6-8/h4-7,11,15H,3H2,1-2H3. The van der Waals surface area contributed by atoms with E-state index in [1.165, 1.54) is 13.0 Å². The Morgan fingerprint density at radius 2 is 2.06 bits per heavy atom. The highest BCUT2D eigenvalue weighted by Gasteiger charge is 2.25. The largest absolute Gasteiger partial charge is 0.464 e. The van der Waals surface area contributed by atoms with Crippen LogP contribution in [0, 0.1) is 11.6 Å². The molecule has 5 heteroatoms. The molecule has 3 nitrogen and oxygen atoms in total. The summed E-state index contributed by atoms with van der Waals surface area (Å²) in [7, 11) is 0. The van der Waals surface area contributed by atoms with Gasteiger partial charge in [-0.1, -0.05) is 13.0 Å². The molecule has 17 heavy (non-hydrogen) atoms. The predicted octanol–water partition coefficient (Wildman–Crippen LogP) is 1.99. The lowest BCUT2D eigenvalue weighted by Gasteiger charge is -2.17. The lowest BCUT2D eigenvalue weighted by Crippen LogP contribution is -2.28. The molecule has 0 radical (unpaired) electrons. The number of carbonyl (C=O) groups is 1. The number of aliphatic hydroxyl groups is 1. The van der Waals surface area contributed by atoms with Crippen molar-refractivity contribution in [1.29, 1.82) is 0 Å². The van der Waals surface area contributed by atoms with Crippen molar-refractivity contribution >= 4 is 5.97 Å². The van der Waals surface area contributed by atoms with Gasteiger partial charge in [0.05, 0.1) is 6.61 Å². The van der Waals surface area contributed by atoms with Crippen molar-refractivity contribution in [2.45, 2.75) is 25.9 Å². The van der Waals surface area contributed by atoms with Gasteiger partial charge in [-0.25, -0.2) is 13.6 Å². The molecule has 0 heterocycles. The first kappa shape index (κ1) is 13.6. The van der Waals surface area contributed by atoms with Crippen LogP contribution in [0.15, 0.2) is 18.2 Å². The second kappa shape index (κ2) is 5.72. The Hall–Kier alpha value is -1.49. The zero-order valence-corrected chi connectivity index (χ0v) is 9.61. The van der Waals surface area contributed by atoms with Crippen molar-refractivity contribution < 1.29 is 23.4 Å². The van der Waals surface area contributed by atoms with Gasteiger partial charge in [-0.2, -0.15) is 0 Å². The van der Waals surface area contributed by atoms with E-state index < -0.39 is 29.6 Å². The summed E-state index contributed by atoms with van der Waals surface area (Å²) < 4.78 is 30.3. The van der Waals surface area contributed by atoms with Crippen LogP contribution in [0.2, 0.25) is 0 Å². The van der Waals surface area contributed by atoms with E-state index in [2.05, 4.69) is 4.74 Å². The molecule has 0 aliphatic carbocycles. The lowest BCUT2D eigenvalue weighted by molar-refractivity contribution is -0.154. The van der Waals surface area contributed by atoms with E-state index in [-0.39, 0.29) is 6.61 Å². The van der Waals surface area contributed by atoms with E-state index >= 15 is 0 Å². The topological polar surface area (TPSA) is 46.5 Å². The molecule has 0 saturated heterocycles. The summed E-state index contributed by atoms with van der Waals surface area (Å²) in [6.45, 7) is 3.31. The van der Waals surface area contributed by atoms with E-state index in [0.29, 0.717) is 5.56 Å². The van der Waals surface area contributed by atoms with Gasteiger partial charge in [-0.3, -0.25) is 0 Å². The smallest absolute Gasteiger partial charge is 0.335 e. The van der Waals surface area contributed by atoms with E-state index in [1.54, 1.807) is 6.92 Å². The first-order valence-corrected chi connectivity index (χ1v) is 5.27. The van der Waals surface area contributed by atoms with Crippen molar-refractivity contribution in [3.05, 3.63) is 35.4 Å². The van der Waals surface area contributed by atoms with Gasteiger partial charge in [0.1, 0.15) is 0 Å². The van der Waals surface area contributed by atoms with Crippen molar-refractivity contribution in [3.8, 4) is 0 Å². The maximum Gasteiger partial charge on any atom is 0.335 e. The molecule has 1 aromatic rings. The molecule has 0 spiro atoms. The summed E-state index contributed by atoms with van der Waals surface area (Å²) in [6.07, 6.45) is -1.39. The predicted molar refractivity (Wildman–Crippen MR) is 57.4 cm³/mol. The molecule has 0 aliphatic heterocycles. The molecule has 0 aliphatic rings. The first-order valence-electron chi connectivity index (χ1n) is 5.27. The fourth-order valence-electron chi connectivity index (χ4n) is 1.41. The fourth-order valence-corrected chi connectivity index (χ4v) is 1.41. The van der Waals surface area contributed by atoms with E-state index in [9.17, 15) is 18.7 Å². The summed E-state index contributed by atoms with van der Waals surface area (Å²) in [6, 6.07) is 3.24. The molecule has 94 valence electrons. The third-order valence-corrected chi connectivity index (χ3v) is 2.47. The Labute approximate surface area is 98.0 Å². The van der Waals surface area contributed by atoms with Crippen molar-refractivity contribution in [3.63, 3.8) is 0 Å². The van der Waals surface area contributed by atoms with Crippen LogP contribution in [0.5, 0.6) is 0 Å². The van der Waals surface area contributed by atoms with Crippen molar-refractivity contribution in [1.82, 2.24) is 0 Å². The molecule has 0 bridgehead atoms. The van der Waals surface area contributed by atoms with Gasteiger partial charge < -0.3 is 9.84 Å². The van der Waals surface area contributed by atoms with E-state index in [0.717, 1.165) is 12.1 Å². The van der Waals surface area contributed by atoms with Crippen LogP contribution in [-0.2, 0) is 9.53 Å². The summed E-state index contributed by atoms with van der Waals surface area (Å²) in [5.74, 6) is -3.41. The van der Waals surface area contributed by atoms with Crippen molar-refractivity contribution in [2.75, 3.05) is 6.61 Å². The molecule has 2 atom stereocenters. The minimum atomic E-state index is -1.39. The highest BCUT2D eigenvalue weighted by molar-refractivity contribution is 5.75. The van der Waals surface area contributed by atoms with Gasteiger partial charge in [-0.15, -0.1) is 0 Å². The second-order valence-electron chi connectivity index (χ2n) is 3.66. The monoisotopic (exact) mass is 244 g/mol. The molecule has 1 aromatic carbocycles. The molecular formula is C12H14F2O3. The minimum absolute atomic E-state index is 0.153. The SMILES string of the molecule is CCOC(=O)C(O)C(C)c1ccc(F)c(F)c1. The Bertz CT molecular complexity index is 407. The van der Waals surface area contributed by atoms with Gasteiger partial charge in [0.25, 0.3) is 0 Å².